The monoisotopic (exact) mass is 352 g/mol. The Balaban J connectivity index is 4.35. The zero-order valence-electron chi connectivity index (χ0n) is 11.9. The van der Waals surface area contributed by atoms with Gasteiger partial charge in [0.05, 0.1) is 12.6 Å². The van der Waals surface area contributed by atoms with E-state index in [1.54, 1.807) is 0 Å². The third-order valence-electron chi connectivity index (χ3n) is 2.52. The Morgan fingerprint density at radius 2 is 1.68 bits per heavy atom. The first-order valence-electron chi connectivity index (χ1n) is 6.30. The lowest BCUT2D eigenvalue weighted by Crippen LogP contribution is -2.54. The largest absolute Gasteiger partial charge is 0.480 e. The van der Waals surface area contributed by atoms with Crippen LogP contribution in [0.1, 0.15) is 6.92 Å². The fourth-order valence-corrected chi connectivity index (χ4v) is 1.62. The van der Waals surface area contributed by atoms with Gasteiger partial charge in [-0.1, -0.05) is 0 Å². The minimum absolute atomic E-state index is 0.00398. The van der Waals surface area contributed by atoms with Crippen LogP contribution in [0, 0.1) is 0 Å². The quantitative estimate of drug-likeness (QED) is 0.225. The molecule has 0 aromatic carbocycles. The van der Waals surface area contributed by atoms with Crippen molar-refractivity contribution in [3.63, 3.8) is 0 Å². The average Bonchev–Trinajstić information content (AvgIpc) is 2.48. The van der Waals surface area contributed by atoms with Crippen molar-refractivity contribution in [2.24, 2.45) is 5.73 Å². The summed E-state index contributed by atoms with van der Waals surface area (Å²) < 4.78 is 0. The molecule has 0 aromatic rings. The van der Waals surface area contributed by atoms with E-state index >= 15 is 0 Å². The number of carbonyl (C=O) groups excluding carboxylic acids is 3. The molecule has 0 saturated carbocycles. The third-order valence-corrected chi connectivity index (χ3v) is 3.28. The lowest BCUT2D eigenvalue weighted by Gasteiger charge is -2.18. The van der Waals surface area contributed by atoms with E-state index in [1.165, 1.54) is 6.92 Å². The van der Waals surface area contributed by atoms with E-state index in [2.05, 4.69) is 41.2 Å². The fourth-order valence-electron chi connectivity index (χ4n) is 1.20. The smallest absolute Gasteiger partial charge is 0.325 e. The van der Waals surface area contributed by atoms with Gasteiger partial charge in [-0.25, -0.2) is 0 Å². The van der Waals surface area contributed by atoms with Crippen LogP contribution >= 0.6 is 25.3 Å². The average molecular weight is 352 g/mol. The van der Waals surface area contributed by atoms with Crippen molar-refractivity contribution in [3.8, 4) is 0 Å². The van der Waals surface area contributed by atoms with E-state index in [0.717, 1.165) is 0 Å². The van der Waals surface area contributed by atoms with E-state index in [9.17, 15) is 19.2 Å². The fraction of sp³-hybridized carbons (Fsp3) is 0.636. The van der Waals surface area contributed by atoms with Crippen LogP contribution in [0.4, 0.5) is 0 Å². The zero-order valence-corrected chi connectivity index (χ0v) is 13.7. The maximum atomic E-state index is 11.8. The van der Waals surface area contributed by atoms with Crippen LogP contribution in [-0.2, 0) is 19.2 Å². The molecule has 0 heterocycles. The Bertz CT molecular complexity index is 435. The normalized spacial score (nSPS) is 14.4. The Hall–Kier alpha value is -1.46. The van der Waals surface area contributed by atoms with Gasteiger partial charge in [-0.05, 0) is 6.92 Å². The van der Waals surface area contributed by atoms with Gasteiger partial charge in [-0.3, -0.25) is 19.2 Å². The third kappa shape index (κ3) is 7.52. The highest BCUT2D eigenvalue weighted by atomic mass is 32.1. The molecule has 0 radical (unpaired) electrons. The highest BCUT2D eigenvalue weighted by Gasteiger charge is 2.22. The molecule has 9 nitrogen and oxygen atoms in total. The summed E-state index contributed by atoms with van der Waals surface area (Å²) >= 11 is 7.81. The van der Waals surface area contributed by atoms with Crippen LogP contribution < -0.4 is 21.7 Å². The van der Waals surface area contributed by atoms with Crippen molar-refractivity contribution in [2.45, 2.75) is 25.0 Å². The number of hydrogen-bond donors (Lipinski definition) is 7. The first-order valence-corrected chi connectivity index (χ1v) is 7.57. The molecular weight excluding hydrogens is 332 g/mol. The molecule has 3 unspecified atom stereocenters. The SMILES string of the molecule is CC(NC(=O)CNC(=O)C(CS)NC(=O)C(N)CS)C(=O)O. The van der Waals surface area contributed by atoms with Gasteiger partial charge in [-0.2, -0.15) is 25.3 Å². The van der Waals surface area contributed by atoms with Crippen molar-refractivity contribution in [1.82, 2.24) is 16.0 Å². The van der Waals surface area contributed by atoms with Crippen LogP contribution in [0.25, 0.3) is 0 Å². The summed E-state index contributed by atoms with van der Waals surface area (Å²) in [5.41, 5.74) is 5.46. The van der Waals surface area contributed by atoms with Gasteiger partial charge in [0.1, 0.15) is 12.1 Å². The lowest BCUT2D eigenvalue weighted by atomic mass is 10.2. The Labute approximate surface area is 138 Å². The first kappa shape index (κ1) is 20.5. The molecule has 0 aromatic heterocycles. The van der Waals surface area contributed by atoms with Crippen LogP contribution in [-0.4, -0.2) is 65.0 Å². The predicted molar refractivity (Wildman–Crippen MR) is 85.9 cm³/mol. The molecule has 6 N–H and O–H groups in total. The predicted octanol–water partition coefficient (Wildman–Crippen LogP) is -2.64. The topological polar surface area (TPSA) is 151 Å². The highest BCUT2D eigenvalue weighted by molar-refractivity contribution is 7.80. The molecule has 0 aliphatic carbocycles. The van der Waals surface area contributed by atoms with Gasteiger partial charge < -0.3 is 26.8 Å². The van der Waals surface area contributed by atoms with Crippen molar-refractivity contribution in [3.05, 3.63) is 0 Å². The second-order valence-electron chi connectivity index (χ2n) is 4.38. The second kappa shape index (κ2) is 10.3. The summed E-state index contributed by atoms with van der Waals surface area (Å²) in [6, 6.07) is -2.90. The Morgan fingerprint density at radius 3 is 2.14 bits per heavy atom. The minimum atomic E-state index is -1.19. The molecule has 3 atom stereocenters. The van der Waals surface area contributed by atoms with E-state index in [1.807, 2.05) is 0 Å². The summed E-state index contributed by atoms with van der Waals surface area (Å²) in [5.74, 6) is -2.94. The van der Waals surface area contributed by atoms with Crippen molar-refractivity contribution >= 4 is 48.9 Å². The standard InChI is InChI=1S/C11H20N4O5S2/c1-5(11(19)20)14-8(16)2-13-10(18)7(4-22)15-9(17)6(12)3-21/h5-7,21-22H,2-4,12H2,1H3,(H,13,18)(H,14,16)(H,15,17)(H,19,20). The van der Waals surface area contributed by atoms with Crippen LogP contribution in [0.3, 0.4) is 0 Å². The van der Waals surface area contributed by atoms with Gasteiger partial charge >= 0.3 is 5.97 Å². The van der Waals surface area contributed by atoms with Crippen molar-refractivity contribution in [2.75, 3.05) is 18.1 Å². The summed E-state index contributed by atoms with van der Waals surface area (Å²) in [4.78, 5) is 45.4. The molecule has 0 aliphatic rings. The number of nitrogens with two attached hydrogens (primary N) is 1. The van der Waals surface area contributed by atoms with Crippen LogP contribution in [0.5, 0.6) is 0 Å². The van der Waals surface area contributed by atoms with Gasteiger partial charge in [0.25, 0.3) is 0 Å². The number of carboxylic acids is 1. The number of carbonyl (C=O) groups is 4. The number of amides is 3. The van der Waals surface area contributed by atoms with E-state index in [-0.39, 0.29) is 11.5 Å². The molecule has 126 valence electrons. The summed E-state index contributed by atoms with van der Waals surface area (Å²) in [7, 11) is 0. The summed E-state index contributed by atoms with van der Waals surface area (Å²) in [6.45, 7) is 0.868. The number of hydrogen-bond acceptors (Lipinski definition) is 7. The zero-order chi connectivity index (χ0) is 17.3. The van der Waals surface area contributed by atoms with E-state index in [0.29, 0.717) is 0 Å². The van der Waals surface area contributed by atoms with Gasteiger partial charge in [0.15, 0.2) is 0 Å². The summed E-state index contributed by atoms with van der Waals surface area (Å²) in [5, 5.41) is 15.4. The van der Waals surface area contributed by atoms with Gasteiger partial charge in [0.2, 0.25) is 17.7 Å². The molecule has 11 heteroatoms. The van der Waals surface area contributed by atoms with Crippen LogP contribution in [0.15, 0.2) is 0 Å². The van der Waals surface area contributed by atoms with Crippen molar-refractivity contribution < 1.29 is 24.3 Å². The molecule has 0 rings (SSSR count). The number of thiol groups is 2. The molecule has 0 aliphatic heterocycles. The maximum absolute atomic E-state index is 11.8. The number of aliphatic carboxylic acids is 1. The molecule has 0 fully saturated rings. The van der Waals surface area contributed by atoms with E-state index in [4.69, 9.17) is 10.8 Å². The van der Waals surface area contributed by atoms with Gasteiger partial charge in [0, 0.05) is 11.5 Å². The minimum Gasteiger partial charge on any atom is -0.480 e. The Morgan fingerprint density at radius 1 is 1.09 bits per heavy atom. The summed E-state index contributed by atoms with van der Waals surface area (Å²) in [6.07, 6.45) is 0. The molecular formula is C11H20N4O5S2. The number of nitrogens with one attached hydrogen (secondary N) is 3. The van der Waals surface area contributed by atoms with Crippen molar-refractivity contribution in [1.29, 1.82) is 0 Å². The van der Waals surface area contributed by atoms with Gasteiger partial charge in [-0.15, -0.1) is 0 Å². The first-order chi connectivity index (χ1) is 10.2. The molecule has 0 spiro atoms. The molecule has 22 heavy (non-hydrogen) atoms. The van der Waals surface area contributed by atoms with E-state index < -0.39 is 48.4 Å². The Kier molecular flexibility index (Phi) is 9.61. The number of rotatable bonds is 9. The van der Waals surface area contributed by atoms with Crippen LogP contribution in [0.2, 0.25) is 0 Å². The molecule has 3 amide bonds. The highest BCUT2D eigenvalue weighted by Crippen LogP contribution is 1.92. The molecule has 0 bridgehead atoms. The number of carboxylic acid groups (broad SMARTS) is 1. The molecule has 0 saturated heterocycles. The maximum Gasteiger partial charge on any atom is 0.325 e. The second-order valence-corrected chi connectivity index (χ2v) is 5.11. The lowest BCUT2D eigenvalue weighted by molar-refractivity contribution is -0.141.